The average molecular weight is 394 g/mol. The van der Waals surface area contributed by atoms with E-state index in [2.05, 4.69) is 38.5 Å². The van der Waals surface area contributed by atoms with Crippen molar-refractivity contribution in [3.8, 4) is 11.8 Å². The number of carbonyl (C=O) groups excluding carboxylic acids is 1. The van der Waals surface area contributed by atoms with Crippen LogP contribution in [-0.2, 0) is 4.79 Å². The number of benzene rings is 1. The molecule has 0 N–H and O–H groups in total. The summed E-state index contributed by atoms with van der Waals surface area (Å²) in [6, 6.07) is 9.28. The smallest absolute Gasteiger partial charge is 0.325 e. The van der Waals surface area contributed by atoms with Gasteiger partial charge in [-0.3, -0.25) is 4.79 Å². The monoisotopic (exact) mass is 393 g/mol. The number of halogens is 2. The molecule has 0 aromatic heterocycles. The van der Waals surface area contributed by atoms with Gasteiger partial charge in [-0.05, 0) is 41.1 Å². The molecule has 5 heteroatoms. The second-order valence-corrected chi connectivity index (χ2v) is 5.28. The number of esters is 1. The van der Waals surface area contributed by atoms with Crippen LogP contribution in [0.1, 0.15) is 12.8 Å². The highest BCUT2D eigenvalue weighted by atomic mass is 127. The predicted molar refractivity (Wildman–Crippen MR) is 72.4 cm³/mol. The number of nitriles is 1. The minimum atomic E-state index is -0.428. The molecule has 1 aromatic rings. The first-order chi connectivity index (χ1) is 7.65. The Bertz CT molecular complexity index is 417. The topological polar surface area (TPSA) is 50.1 Å². The SMILES string of the molecule is N#CCCC(Br)C(=O)Oc1ccccc1I. The zero-order chi connectivity index (χ0) is 12.0. The molecule has 0 aliphatic carbocycles. The van der Waals surface area contributed by atoms with Gasteiger partial charge in [0, 0.05) is 6.42 Å². The number of ether oxygens (including phenoxy) is 1. The number of alkyl halides is 1. The molecule has 1 aromatic carbocycles. The van der Waals surface area contributed by atoms with Crippen molar-refractivity contribution < 1.29 is 9.53 Å². The molecular weight excluding hydrogens is 385 g/mol. The number of nitrogens with zero attached hydrogens (tertiary/aromatic N) is 1. The van der Waals surface area contributed by atoms with Gasteiger partial charge in [0.15, 0.2) is 0 Å². The van der Waals surface area contributed by atoms with Crippen LogP contribution in [0.3, 0.4) is 0 Å². The van der Waals surface area contributed by atoms with Crippen LogP contribution in [0.4, 0.5) is 0 Å². The normalized spacial score (nSPS) is 11.6. The van der Waals surface area contributed by atoms with E-state index in [4.69, 9.17) is 10.00 Å². The molecule has 0 saturated carbocycles. The van der Waals surface area contributed by atoms with Crippen molar-refractivity contribution in [2.75, 3.05) is 0 Å². The largest absolute Gasteiger partial charge is 0.425 e. The lowest BCUT2D eigenvalue weighted by Gasteiger charge is -2.09. The summed E-state index contributed by atoms with van der Waals surface area (Å²) < 4.78 is 6.08. The maximum absolute atomic E-state index is 11.6. The summed E-state index contributed by atoms with van der Waals surface area (Å²) in [5.74, 6) is 0.189. The van der Waals surface area contributed by atoms with Crippen molar-refractivity contribution >= 4 is 44.5 Å². The predicted octanol–water partition coefficient (Wildman–Crippen LogP) is 3.26. The molecule has 0 aliphatic heterocycles. The lowest BCUT2D eigenvalue weighted by Crippen LogP contribution is -2.20. The number of rotatable bonds is 4. The lowest BCUT2D eigenvalue weighted by molar-refractivity contribution is -0.133. The lowest BCUT2D eigenvalue weighted by atomic mass is 10.2. The first-order valence-electron chi connectivity index (χ1n) is 4.62. The van der Waals surface area contributed by atoms with Crippen molar-refractivity contribution in [1.29, 1.82) is 5.26 Å². The van der Waals surface area contributed by atoms with Crippen LogP contribution in [0.25, 0.3) is 0 Å². The number of hydrogen-bond donors (Lipinski definition) is 0. The van der Waals surface area contributed by atoms with E-state index in [9.17, 15) is 4.79 Å². The van der Waals surface area contributed by atoms with Crippen LogP contribution < -0.4 is 4.74 Å². The molecule has 0 saturated heterocycles. The van der Waals surface area contributed by atoms with E-state index in [0.717, 1.165) is 3.57 Å². The highest BCUT2D eigenvalue weighted by Crippen LogP contribution is 2.21. The molecule has 0 spiro atoms. The summed E-state index contributed by atoms with van der Waals surface area (Å²) in [4.78, 5) is 11.2. The van der Waals surface area contributed by atoms with Crippen molar-refractivity contribution in [3.05, 3.63) is 27.8 Å². The van der Waals surface area contributed by atoms with Gasteiger partial charge in [0.1, 0.15) is 10.6 Å². The van der Waals surface area contributed by atoms with Crippen LogP contribution in [0.5, 0.6) is 5.75 Å². The Morgan fingerprint density at radius 2 is 2.25 bits per heavy atom. The molecule has 0 heterocycles. The summed E-state index contributed by atoms with van der Waals surface area (Å²) in [5, 5.41) is 8.41. The molecule has 3 nitrogen and oxygen atoms in total. The summed E-state index contributed by atoms with van der Waals surface area (Å²) in [5.41, 5.74) is 0. The standard InChI is InChI=1S/C11H9BrINO2/c12-8(4-3-7-14)11(15)16-10-6-2-1-5-9(10)13/h1-2,5-6,8H,3-4H2. The quantitative estimate of drug-likeness (QED) is 0.341. The van der Waals surface area contributed by atoms with Crippen molar-refractivity contribution in [1.82, 2.24) is 0 Å². The van der Waals surface area contributed by atoms with E-state index in [1.807, 2.05) is 24.3 Å². The molecule has 1 rings (SSSR count). The van der Waals surface area contributed by atoms with Crippen LogP contribution >= 0.6 is 38.5 Å². The zero-order valence-corrected chi connectivity index (χ0v) is 12.1. The van der Waals surface area contributed by atoms with Crippen molar-refractivity contribution in [2.45, 2.75) is 17.7 Å². The minimum absolute atomic E-state index is 0.330. The Morgan fingerprint density at radius 3 is 2.88 bits per heavy atom. The summed E-state index contributed by atoms with van der Waals surface area (Å²) in [7, 11) is 0. The Labute approximate surface area is 116 Å². The molecule has 84 valence electrons. The molecule has 1 unspecified atom stereocenters. The highest BCUT2D eigenvalue weighted by molar-refractivity contribution is 14.1. The van der Waals surface area contributed by atoms with E-state index >= 15 is 0 Å². The van der Waals surface area contributed by atoms with E-state index in [1.165, 1.54) is 0 Å². The molecule has 16 heavy (non-hydrogen) atoms. The Balaban J connectivity index is 2.58. The molecule has 0 aliphatic rings. The maximum Gasteiger partial charge on any atom is 0.325 e. The number of carbonyl (C=O) groups is 1. The first kappa shape index (κ1) is 13.5. The molecule has 1 atom stereocenters. The molecule has 0 amide bonds. The van der Waals surface area contributed by atoms with Crippen LogP contribution in [0.15, 0.2) is 24.3 Å². The van der Waals surface area contributed by atoms with Gasteiger partial charge < -0.3 is 4.74 Å². The van der Waals surface area contributed by atoms with E-state index in [-0.39, 0.29) is 5.97 Å². The third-order valence-corrected chi connectivity index (χ3v) is 3.54. The third-order valence-electron chi connectivity index (χ3n) is 1.81. The summed E-state index contributed by atoms with van der Waals surface area (Å²) >= 11 is 5.30. The second kappa shape index (κ2) is 6.86. The van der Waals surface area contributed by atoms with Gasteiger partial charge in [0.05, 0.1) is 9.64 Å². The Kier molecular flexibility index (Phi) is 5.77. The van der Waals surface area contributed by atoms with E-state index in [0.29, 0.717) is 18.6 Å². The Morgan fingerprint density at radius 1 is 1.56 bits per heavy atom. The molecule has 0 fully saturated rings. The van der Waals surface area contributed by atoms with Gasteiger partial charge in [-0.25, -0.2) is 0 Å². The van der Waals surface area contributed by atoms with Crippen LogP contribution in [-0.4, -0.2) is 10.8 Å². The van der Waals surface area contributed by atoms with Gasteiger partial charge in [-0.2, -0.15) is 5.26 Å². The van der Waals surface area contributed by atoms with Crippen molar-refractivity contribution in [2.24, 2.45) is 0 Å². The van der Waals surface area contributed by atoms with Crippen LogP contribution in [0, 0.1) is 14.9 Å². The van der Waals surface area contributed by atoms with Gasteiger partial charge in [0.2, 0.25) is 0 Å². The molecular formula is C11H9BrINO2. The fraction of sp³-hybridized carbons (Fsp3) is 0.273. The maximum atomic E-state index is 11.6. The summed E-state index contributed by atoms with van der Waals surface area (Å²) in [6.45, 7) is 0. The molecule has 0 radical (unpaired) electrons. The average Bonchev–Trinajstić information content (AvgIpc) is 2.28. The van der Waals surface area contributed by atoms with Gasteiger partial charge >= 0.3 is 5.97 Å². The van der Waals surface area contributed by atoms with Gasteiger partial charge in [0.25, 0.3) is 0 Å². The fourth-order valence-corrected chi connectivity index (χ4v) is 1.83. The van der Waals surface area contributed by atoms with Gasteiger partial charge in [-0.15, -0.1) is 0 Å². The first-order valence-corrected chi connectivity index (χ1v) is 6.62. The van der Waals surface area contributed by atoms with Crippen LogP contribution in [0.2, 0.25) is 0 Å². The van der Waals surface area contributed by atoms with E-state index < -0.39 is 4.83 Å². The minimum Gasteiger partial charge on any atom is -0.425 e. The van der Waals surface area contributed by atoms with Gasteiger partial charge in [-0.1, -0.05) is 28.1 Å². The van der Waals surface area contributed by atoms with Crippen molar-refractivity contribution in [3.63, 3.8) is 0 Å². The third kappa shape index (κ3) is 4.10. The summed E-state index contributed by atoms with van der Waals surface area (Å²) in [6.07, 6.45) is 0.787. The Hall–Kier alpha value is -0.610. The fourth-order valence-electron chi connectivity index (χ4n) is 1.01. The number of hydrogen-bond acceptors (Lipinski definition) is 3. The molecule has 0 bridgehead atoms. The zero-order valence-electron chi connectivity index (χ0n) is 8.32. The van der Waals surface area contributed by atoms with E-state index in [1.54, 1.807) is 6.07 Å². The number of para-hydroxylation sites is 1. The second-order valence-electron chi connectivity index (χ2n) is 3.02. The highest BCUT2D eigenvalue weighted by Gasteiger charge is 2.17.